The number of nitrogens with one attached hydrogen (secondary N) is 1. The lowest BCUT2D eigenvalue weighted by molar-refractivity contribution is 0.129. The zero-order valence-electron chi connectivity index (χ0n) is 9.59. The molecule has 0 fully saturated rings. The molecule has 0 unspecified atom stereocenters. The minimum Gasteiger partial charge on any atom is -0.449 e. The second-order valence-electron chi connectivity index (χ2n) is 4.71. The molecule has 0 radical (unpaired) electrons. The van der Waals surface area contributed by atoms with Crippen LogP contribution in [0.1, 0.15) is 27.7 Å². The van der Waals surface area contributed by atoms with Crippen molar-refractivity contribution in [2.24, 2.45) is 17.1 Å². The van der Waals surface area contributed by atoms with E-state index < -0.39 is 0 Å². The zero-order chi connectivity index (χ0) is 11.2. The van der Waals surface area contributed by atoms with Gasteiger partial charge in [-0.15, -0.1) is 0 Å². The molecule has 0 heterocycles. The topological polar surface area (TPSA) is 64.3 Å². The summed E-state index contributed by atoms with van der Waals surface area (Å²) in [6.45, 7) is 9.52. The highest BCUT2D eigenvalue weighted by Gasteiger charge is 2.16. The molecular formula is C10H22N2O2. The monoisotopic (exact) mass is 202 g/mol. The number of rotatable bonds is 5. The van der Waals surface area contributed by atoms with Crippen LogP contribution in [0.15, 0.2) is 0 Å². The highest BCUT2D eigenvalue weighted by molar-refractivity contribution is 5.67. The van der Waals surface area contributed by atoms with Gasteiger partial charge in [0, 0.05) is 6.54 Å². The Labute approximate surface area is 86.2 Å². The number of amides is 1. The van der Waals surface area contributed by atoms with Crippen molar-refractivity contribution in [1.82, 2.24) is 5.32 Å². The number of hydrogen-bond donors (Lipinski definition) is 2. The van der Waals surface area contributed by atoms with Gasteiger partial charge in [-0.05, 0) is 17.9 Å². The first-order valence-corrected chi connectivity index (χ1v) is 4.98. The highest BCUT2D eigenvalue weighted by Crippen LogP contribution is 2.09. The molecule has 0 aliphatic rings. The van der Waals surface area contributed by atoms with Crippen LogP contribution in [0.3, 0.4) is 0 Å². The van der Waals surface area contributed by atoms with E-state index in [0.717, 1.165) is 0 Å². The summed E-state index contributed by atoms with van der Waals surface area (Å²) in [5, 5.41) is 2.69. The van der Waals surface area contributed by atoms with Crippen LogP contribution in [0.5, 0.6) is 0 Å². The van der Waals surface area contributed by atoms with E-state index in [1.807, 2.05) is 27.7 Å². The van der Waals surface area contributed by atoms with Gasteiger partial charge >= 0.3 is 6.09 Å². The Morgan fingerprint density at radius 2 is 2.07 bits per heavy atom. The van der Waals surface area contributed by atoms with Crippen molar-refractivity contribution in [2.75, 3.05) is 19.7 Å². The maximum Gasteiger partial charge on any atom is 0.407 e. The molecule has 3 N–H and O–H groups in total. The van der Waals surface area contributed by atoms with Crippen LogP contribution in [0.4, 0.5) is 4.79 Å². The molecule has 0 aromatic heterocycles. The summed E-state index contributed by atoms with van der Waals surface area (Å²) in [4.78, 5) is 11.1. The van der Waals surface area contributed by atoms with Crippen LogP contribution in [-0.4, -0.2) is 25.8 Å². The van der Waals surface area contributed by atoms with Gasteiger partial charge in [0.1, 0.15) is 0 Å². The lowest BCUT2D eigenvalue weighted by atomic mass is 9.94. The molecule has 0 rings (SSSR count). The maximum absolute atomic E-state index is 11.1. The van der Waals surface area contributed by atoms with Gasteiger partial charge in [0.25, 0.3) is 0 Å². The Balaban J connectivity index is 3.64. The molecule has 4 nitrogen and oxygen atoms in total. The van der Waals surface area contributed by atoms with Gasteiger partial charge in [0.15, 0.2) is 0 Å². The summed E-state index contributed by atoms with van der Waals surface area (Å²) in [5.74, 6) is 0.364. The van der Waals surface area contributed by atoms with Crippen LogP contribution in [0.2, 0.25) is 0 Å². The molecule has 0 aromatic carbocycles. The molecule has 0 atom stereocenters. The average Bonchev–Trinajstić information content (AvgIpc) is 2.11. The third-order valence-electron chi connectivity index (χ3n) is 1.81. The molecule has 84 valence electrons. The molecule has 0 saturated heterocycles. The average molecular weight is 202 g/mol. The van der Waals surface area contributed by atoms with Crippen LogP contribution in [0.25, 0.3) is 0 Å². The Kier molecular flexibility index (Phi) is 5.53. The molecule has 4 heteroatoms. The van der Waals surface area contributed by atoms with Gasteiger partial charge in [-0.1, -0.05) is 27.7 Å². The smallest absolute Gasteiger partial charge is 0.407 e. The molecule has 14 heavy (non-hydrogen) atoms. The summed E-state index contributed by atoms with van der Waals surface area (Å²) in [5.41, 5.74) is 5.45. The second kappa shape index (κ2) is 5.86. The molecule has 0 aromatic rings. The van der Waals surface area contributed by atoms with Gasteiger partial charge in [0.05, 0.1) is 6.61 Å². The molecule has 0 spiro atoms. The highest BCUT2D eigenvalue weighted by atomic mass is 16.5. The first kappa shape index (κ1) is 13.2. The predicted octanol–water partition coefficient (Wildman–Crippen LogP) is 1.35. The Morgan fingerprint density at radius 3 is 2.50 bits per heavy atom. The van der Waals surface area contributed by atoms with E-state index in [1.54, 1.807) is 0 Å². The van der Waals surface area contributed by atoms with Crippen molar-refractivity contribution in [3.05, 3.63) is 0 Å². The number of hydrogen-bond acceptors (Lipinski definition) is 3. The van der Waals surface area contributed by atoms with E-state index in [1.165, 1.54) is 0 Å². The largest absolute Gasteiger partial charge is 0.449 e. The van der Waals surface area contributed by atoms with Crippen molar-refractivity contribution in [2.45, 2.75) is 27.7 Å². The van der Waals surface area contributed by atoms with Gasteiger partial charge < -0.3 is 15.8 Å². The first-order chi connectivity index (χ1) is 6.37. The SMILES string of the molecule is CC(C)COC(=O)NCC(C)(C)CN. The third kappa shape index (κ3) is 6.71. The fraction of sp³-hybridized carbons (Fsp3) is 0.900. The van der Waals surface area contributed by atoms with E-state index in [2.05, 4.69) is 5.32 Å². The molecule has 0 aliphatic heterocycles. The van der Waals surface area contributed by atoms with Crippen molar-refractivity contribution in [3.8, 4) is 0 Å². The van der Waals surface area contributed by atoms with E-state index >= 15 is 0 Å². The van der Waals surface area contributed by atoms with E-state index in [4.69, 9.17) is 10.5 Å². The number of carbonyl (C=O) groups is 1. The summed E-state index contributed by atoms with van der Waals surface area (Å²) in [7, 11) is 0. The summed E-state index contributed by atoms with van der Waals surface area (Å²) >= 11 is 0. The summed E-state index contributed by atoms with van der Waals surface area (Å²) < 4.78 is 4.95. The van der Waals surface area contributed by atoms with Crippen molar-refractivity contribution < 1.29 is 9.53 Å². The van der Waals surface area contributed by atoms with Crippen LogP contribution in [0, 0.1) is 11.3 Å². The Morgan fingerprint density at radius 1 is 1.50 bits per heavy atom. The minimum atomic E-state index is -0.361. The van der Waals surface area contributed by atoms with E-state index in [-0.39, 0.29) is 11.5 Å². The zero-order valence-corrected chi connectivity index (χ0v) is 9.59. The Hall–Kier alpha value is -0.770. The van der Waals surface area contributed by atoms with E-state index in [9.17, 15) is 4.79 Å². The van der Waals surface area contributed by atoms with Crippen LogP contribution in [-0.2, 0) is 4.74 Å². The number of ether oxygens (including phenoxy) is 1. The standard InChI is InChI=1S/C10H22N2O2/c1-8(2)5-14-9(13)12-7-10(3,4)6-11/h8H,5-7,11H2,1-4H3,(H,12,13). The molecule has 1 amide bonds. The minimum absolute atomic E-state index is 0.0726. The summed E-state index contributed by atoms with van der Waals surface area (Å²) in [6, 6.07) is 0. The first-order valence-electron chi connectivity index (χ1n) is 4.98. The number of alkyl carbamates (subject to hydrolysis) is 1. The molecule has 0 bridgehead atoms. The van der Waals surface area contributed by atoms with E-state index in [0.29, 0.717) is 25.6 Å². The van der Waals surface area contributed by atoms with Crippen molar-refractivity contribution in [3.63, 3.8) is 0 Å². The lowest BCUT2D eigenvalue weighted by Gasteiger charge is -2.22. The summed E-state index contributed by atoms with van der Waals surface area (Å²) in [6.07, 6.45) is -0.361. The van der Waals surface area contributed by atoms with Gasteiger partial charge in [-0.2, -0.15) is 0 Å². The number of carbonyl (C=O) groups excluding carboxylic acids is 1. The fourth-order valence-corrected chi connectivity index (χ4v) is 0.677. The van der Waals surface area contributed by atoms with Gasteiger partial charge in [-0.3, -0.25) is 0 Å². The third-order valence-corrected chi connectivity index (χ3v) is 1.81. The second-order valence-corrected chi connectivity index (χ2v) is 4.71. The lowest BCUT2D eigenvalue weighted by Crippen LogP contribution is -2.38. The van der Waals surface area contributed by atoms with Crippen LogP contribution >= 0.6 is 0 Å². The maximum atomic E-state index is 11.1. The molecule has 0 aliphatic carbocycles. The predicted molar refractivity (Wildman–Crippen MR) is 57.0 cm³/mol. The quantitative estimate of drug-likeness (QED) is 0.707. The molecule has 0 saturated carbocycles. The van der Waals surface area contributed by atoms with Gasteiger partial charge in [0.2, 0.25) is 0 Å². The molecular weight excluding hydrogens is 180 g/mol. The Bertz CT molecular complexity index is 179. The normalized spacial score (nSPS) is 11.6. The van der Waals surface area contributed by atoms with Crippen LogP contribution < -0.4 is 11.1 Å². The van der Waals surface area contributed by atoms with Crippen molar-refractivity contribution in [1.29, 1.82) is 0 Å². The van der Waals surface area contributed by atoms with Gasteiger partial charge in [-0.25, -0.2) is 4.79 Å². The van der Waals surface area contributed by atoms with Crippen molar-refractivity contribution >= 4 is 6.09 Å². The fourth-order valence-electron chi connectivity index (χ4n) is 0.677. The number of nitrogens with two attached hydrogens (primary N) is 1.